The molecule has 2 rings (SSSR count). The van der Waals surface area contributed by atoms with Gasteiger partial charge in [-0.05, 0) is 60.9 Å². The number of methoxy groups -OCH3 is 2. The zero-order valence-corrected chi connectivity index (χ0v) is 14.1. The van der Waals surface area contributed by atoms with Gasteiger partial charge in [-0.2, -0.15) is 0 Å². The number of hydrogen-bond acceptors (Lipinski definition) is 3. The molecule has 0 spiro atoms. The van der Waals surface area contributed by atoms with Gasteiger partial charge in [0, 0.05) is 0 Å². The first kappa shape index (κ1) is 16.2. The molecule has 21 heavy (non-hydrogen) atoms. The van der Waals surface area contributed by atoms with E-state index in [4.69, 9.17) is 9.47 Å². The van der Waals surface area contributed by atoms with E-state index in [9.17, 15) is 0 Å². The summed E-state index contributed by atoms with van der Waals surface area (Å²) < 4.78 is 11.2. The molecule has 1 aliphatic heterocycles. The summed E-state index contributed by atoms with van der Waals surface area (Å²) in [7, 11) is 3.45. The molecule has 0 amide bonds. The smallest absolute Gasteiger partial charge is 0.163 e. The van der Waals surface area contributed by atoms with E-state index in [1.54, 1.807) is 14.2 Å². The minimum Gasteiger partial charge on any atom is -0.493 e. The lowest BCUT2D eigenvalue weighted by atomic mass is 9.83. The standard InChI is InChI=1S/C18H29NO2/c1-18(2,3)15-10-14(9-13-7-6-8-19-12-13)17(21-5)16(11-15)20-4/h10-11,13,19H,6-9,12H2,1-5H3. The first-order chi connectivity index (χ1) is 9.95. The normalized spacial score (nSPS) is 19.4. The molecule has 1 saturated heterocycles. The average Bonchev–Trinajstić information content (AvgIpc) is 2.46. The molecule has 0 aliphatic carbocycles. The van der Waals surface area contributed by atoms with E-state index in [2.05, 4.69) is 38.2 Å². The number of hydrogen-bond donors (Lipinski definition) is 1. The second-order valence-electron chi connectivity index (χ2n) is 7.04. The second kappa shape index (κ2) is 6.69. The number of piperidine rings is 1. The Morgan fingerprint density at radius 3 is 2.48 bits per heavy atom. The van der Waals surface area contributed by atoms with Gasteiger partial charge in [0.1, 0.15) is 0 Å². The Bertz CT molecular complexity index is 471. The first-order valence-electron chi connectivity index (χ1n) is 7.91. The predicted molar refractivity (Wildman–Crippen MR) is 87.5 cm³/mol. The van der Waals surface area contributed by atoms with E-state index in [0.29, 0.717) is 5.92 Å². The van der Waals surface area contributed by atoms with E-state index >= 15 is 0 Å². The third-order valence-electron chi connectivity index (χ3n) is 4.33. The molecule has 1 aromatic rings. The van der Waals surface area contributed by atoms with Crippen LogP contribution in [0.1, 0.15) is 44.7 Å². The molecule has 1 aromatic carbocycles. The van der Waals surface area contributed by atoms with Crippen LogP contribution in [0, 0.1) is 5.92 Å². The van der Waals surface area contributed by atoms with Gasteiger partial charge >= 0.3 is 0 Å². The Kier molecular flexibility index (Phi) is 5.15. The van der Waals surface area contributed by atoms with Gasteiger partial charge in [0.15, 0.2) is 11.5 Å². The van der Waals surface area contributed by atoms with Gasteiger partial charge in [0.2, 0.25) is 0 Å². The Labute approximate surface area is 129 Å². The van der Waals surface area contributed by atoms with Crippen molar-refractivity contribution in [3.05, 3.63) is 23.3 Å². The Morgan fingerprint density at radius 2 is 1.95 bits per heavy atom. The fraction of sp³-hybridized carbons (Fsp3) is 0.667. The van der Waals surface area contributed by atoms with Crippen molar-refractivity contribution in [2.24, 2.45) is 5.92 Å². The van der Waals surface area contributed by atoms with Gasteiger partial charge < -0.3 is 14.8 Å². The van der Waals surface area contributed by atoms with E-state index in [0.717, 1.165) is 31.0 Å². The fourth-order valence-electron chi connectivity index (χ4n) is 3.04. The van der Waals surface area contributed by atoms with Crippen LogP contribution in [0.4, 0.5) is 0 Å². The van der Waals surface area contributed by atoms with Crippen molar-refractivity contribution in [2.75, 3.05) is 27.3 Å². The molecule has 0 radical (unpaired) electrons. The van der Waals surface area contributed by atoms with Crippen LogP contribution in [0.25, 0.3) is 0 Å². The van der Waals surface area contributed by atoms with Crippen LogP contribution in [-0.4, -0.2) is 27.3 Å². The molecule has 0 aromatic heterocycles. The van der Waals surface area contributed by atoms with Crippen LogP contribution in [0.15, 0.2) is 12.1 Å². The summed E-state index contributed by atoms with van der Waals surface area (Å²) in [6, 6.07) is 4.41. The lowest BCUT2D eigenvalue weighted by Gasteiger charge is -2.26. The Morgan fingerprint density at radius 1 is 1.19 bits per heavy atom. The van der Waals surface area contributed by atoms with Crippen molar-refractivity contribution in [2.45, 2.75) is 45.4 Å². The number of ether oxygens (including phenoxy) is 2. The fourth-order valence-corrected chi connectivity index (χ4v) is 3.04. The molecule has 118 valence electrons. The monoisotopic (exact) mass is 291 g/mol. The second-order valence-corrected chi connectivity index (χ2v) is 7.04. The third-order valence-corrected chi connectivity index (χ3v) is 4.33. The number of rotatable bonds is 4. The van der Waals surface area contributed by atoms with Crippen LogP contribution < -0.4 is 14.8 Å². The average molecular weight is 291 g/mol. The Hall–Kier alpha value is -1.22. The van der Waals surface area contributed by atoms with Crippen LogP contribution >= 0.6 is 0 Å². The van der Waals surface area contributed by atoms with E-state index < -0.39 is 0 Å². The van der Waals surface area contributed by atoms with Gasteiger partial charge in [-0.25, -0.2) is 0 Å². The van der Waals surface area contributed by atoms with Gasteiger partial charge in [-0.3, -0.25) is 0 Å². The molecule has 1 unspecified atom stereocenters. The largest absolute Gasteiger partial charge is 0.493 e. The summed E-state index contributed by atoms with van der Waals surface area (Å²) in [5.74, 6) is 2.44. The lowest BCUT2D eigenvalue weighted by Crippen LogP contribution is -2.31. The highest BCUT2D eigenvalue weighted by atomic mass is 16.5. The lowest BCUT2D eigenvalue weighted by molar-refractivity contribution is 0.339. The first-order valence-corrected chi connectivity index (χ1v) is 7.91. The Balaban J connectivity index is 2.35. The minimum absolute atomic E-state index is 0.110. The van der Waals surface area contributed by atoms with E-state index in [1.165, 1.54) is 24.0 Å². The number of benzene rings is 1. The van der Waals surface area contributed by atoms with Crippen molar-refractivity contribution >= 4 is 0 Å². The molecule has 1 heterocycles. The molecule has 1 aliphatic rings. The summed E-state index contributed by atoms with van der Waals surface area (Å²) in [5, 5.41) is 3.49. The minimum atomic E-state index is 0.110. The van der Waals surface area contributed by atoms with Crippen LogP contribution in [0.3, 0.4) is 0 Å². The summed E-state index contributed by atoms with van der Waals surface area (Å²) >= 11 is 0. The van der Waals surface area contributed by atoms with Gasteiger partial charge in [0.25, 0.3) is 0 Å². The van der Waals surface area contributed by atoms with E-state index in [-0.39, 0.29) is 5.41 Å². The third kappa shape index (κ3) is 3.91. The maximum atomic E-state index is 5.63. The summed E-state index contributed by atoms with van der Waals surface area (Å²) in [5.41, 5.74) is 2.69. The SMILES string of the molecule is COc1cc(C(C)(C)C)cc(CC2CCCNC2)c1OC. The van der Waals surface area contributed by atoms with Crippen LogP contribution in [0.5, 0.6) is 11.5 Å². The summed E-state index contributed by atoms with van der Waals surface area (Å²) in [6.45, 7) is 8.96. The van der Waals surface area contributed by atoms with Crippen molar-refractivity contribution < 1.29 is 9.47 Å². The van der Waals surface area contributed by atoms with E-state index in [1.807, 2.05) is 0 Å². The molecule has 3 nitrogen and oxygen atoms in total. The van der Waals surface area contributed by atoms with Crippen molar-refractivity contribution in [1.29, 1.82) is 0 Å². The van der Waals surface area contributed by atoms with Crippen molar-refractivity contribution in [1.82, 2.24) is 5.32 Å². The van der Waals surface area contributed by atoms with Crippen LogP contribution in [-0.2, 0) is 11.8 Å². The molecular formula is C18H29NO2. The van der Waals surface area contributed by atoms with Gasteiger partial charge in [-0.15, -0.1) is 0 Å². The molecule has 1 atom stereocenters. The molecule has 3 heteroatoms. The maximum Gasteiger partial charge on any atom is 0.163 e. The van der Waals surface area contributed by atoms with Crippen LogP contribution in [0.2, 0.25) is 0 Å². The summed E-state index contributed by atoms with van der Waals surface area (Å²) in [4.78, 5) is 0. The van der Waals surface area contributed by atoms with Gasteiger partial charge in [0.05, 0.1) is 14.2 Å². The summed E-state index contributed by atoms with van der Waals surface area (Å²) in [6.07, 6.45) is 3.61. The van der Waals surface area contributed by atoms with Crippen molar-refractivity contribution in [3.63, 3.8) is 0 Å². The highest BCUT2D eigenvalue weighted by molar-refractivity contribution is 5.51. The van der Waals surface area contributed by atoms with Gasteiger partial charge in [-0.1, -0.05) is 26.8 Å². The molecule has 0 saturated carbocycles. The molecule has 1 fully saturated rings. The molecular weight excluding hydrogens is 262 g/mol. The zero-order valence-electron chi connectivity index (χ0n) is 14.1. The highest BCUT2D eigenvalue weighted by Gasteiger charge is 2.22. The maximum absolute atomic E-state index is 5.63. The highest BCUT2D eigenvalue weighted by Crippen LogP contribution is 2.38. The van der Waals surface area contributed by atoms with Crippen molar-refractivity contribution in [3.8, 4) is 11.5 Å². The quantitative estimate of drug-likeness (QED) is 0.920. The molecule has 0 bridgehead atoms. The predicted octanol–water partition coefficient (Wildman–Crippen LogP) is 3.54. The molecule has 1 N–H and O–H groups in total. The zero-order chi connectivity index (χ0) is 15.5. The number of nitrogens with one attached hydrogen (secondary N) is 1. The topological polar surface area (TPSA) is 30.5 Å².